The maximum Gasteiger partial charge on any atom is 0.333 e. The summed E-state index contributed by atoms with van der Waals surface area (Å²) in [6, 6.07) is 0.473. The van der Waals surface area contributed by atoms with Gasteiger partial charge in [-0.3, -0.25) is 10.1 Å². The Morgan fingerprint density at radius 3 is 2.72 bits per heavy atom. The second-order valence-electron chi connectivity index (χ2n) is 5.23. The van der Waals surface area contributed by atoms with Crippen molar-refractivity contribution in [3.05, 3.63) is 15.8 Å². The van der Waals surface area contributed by atoms with Crippen LogP contribution in [0, 0.1) is 23.0 Å². The second-order valence-corrected chi connectivity index (χ2v) is 5.23. The zero-order chi connectivity index (χ0) is 13.4. The first-order chi connectivity index (χ1) is 8.45. The average Bonchev–Trinajstić information content (AvgIpc) is 2.94. The molecule has 0 amide bonds. The van der Waals surface area contributed by atoms with E-state index in [1.165, 1.54) is 0 Å². The van der Waals surface area contributed by atoms with E-state index in [9.17, 15) is 10.1 Å². The fourth-order valence-electron chi connectivity index (χ4n) is 2.32. The van der Waals surface area contributed by atoms with Crippen molar-refractivity contribution in [3.63, 3.8) is 0 Å². The SMILES string of the molecule is CCC1CC1Nc1c([N+](=O)[O-])c(C)nn1C(C)C. The Morgan fingerprint density at radius 1 is 1.61 bits per heavy atom. The number of nitro groups is 1. The van der Waals surface area contributed by atoms with Crippen LogP contribution in [0.15, 0.2) is 0 Å². The van der Waals surface area contributed by atoms with E-state index in [1.807, 2.05) is 13.8 Å². The standard InChI is InChI=1S/C12H20N4O2/c1-5-9-6-10(9)13-12-11(16(17)18)8(4)14-15(12)7(2)3/h7,9-10,13H,5-6H2,1-4H3. The largest absolute Gasteiger partial charge is 0.361 e. The van der Waals surface area contributed by atoms with Crippen molar-refractivity contribution in [3.8, 4) is 0 Å². The molecule has 1 saturated carbocycles. The molecule has 0 radical (unpaired) electrons. The van der Waals surface area contributed by atoms with E-state index in [1.54, 1.807) is 11.6 Å². The lowest BCUT2D eigenvalue weighted by molar-refractivity contribution is -0.384. The van der Waals surface area contributed by atoms with Crippen LogP contribution in [0.1, 0.15) is 45.3 Å². The summed E-state index contributed by atoms with van der Waals surface area (Å²) in [6.45, 7) is 7.79. The highest BCUT2D eigenvalue weighted by Gasteiger charge is 2.38. The molecule has 18 heavy (non-hydrogen) atoms. The van der Waals surface area contributed by atoms with E-state index in [4.69, 9.17) is 0 Å². The first-order valence-corrected chi connectivity index (χ1v) is 6.45. The van der Waals surface area contributed by atoms with Crippen molar-refractivity contribution < 1.29 is 4.92 Å². The number of aromatic nitrogens is 2. The Bertz CT molecular complexity index is 467. The first-order valence-electron chi connectivity index (χ1n) is 6.45. The molecule has 1 aliphatic rings. The fraction of sp³-hybridized carbons (Fsp3) is 0.750. The summed E-state index contributed by atoms with van der Waals surface area (Å²) in [6.07, 6.45) is 2.20. The van der Waals surface area contributed by atoms with Gasteiger partial charge in [0, 0.05) is 12.1 Å². The number of rotatable bonds is 5. The van der Waals surface area contributed by atoms with Crippen molar-refractivity contribution in [1.82, 2.24) is 9.78 Å². The normalized spacial score (nSPS) is 22.3. The molecule has 1 aromatic heterocycles. The van der Waals surface area contributed by atoms with Crippen molar-refractivity contribution in [1.29, 1.82) is 0 Å². The molecule has 0 aliphatic heterocycles. The maximum atomic E-state index is 11.1. The molecule has 1 aliphatic carbocycles. The highest BCUT2D eigenvalue weighted by Crippen LogP contribution is 2.39. The molecule has 1 heterocycles. The molecular formula is C12H20N4O2. The van der Waals surface area contributed by atoms with Gasteiger partial charge in [-0.15, -0.1) is 0 Å². The summed E-state index contributed by atoms with van der Waals surface area (Å²) >= 11 is 0. The minimum absolute atomic E-state index is 0.110. The van der Waals surface area contributed by atoms with Crippen molar-refractivity contribution >= 4 is 11.5 Å². The number of nitrogens with one attached hydrogen (secondary N) is 1. The average molecular weight is 252 g/mol. The number of anilines is 1. The van der Waals surface area contributed by atoms with Crippen LogP contribution in [-0.4, -0.2) is 20.7 Å². The molecule has 0 spiro atoms. The lowest BCUT2D eigenvalue weighted by atomic mass is 10.3. The van der Waals surface area contributed by atoms with Gasteiger partial charge in [-0.25, -0.2) is 4.68 Å². The molecule has 0 aromatic carbocycles. The summed E-state index contributed by atoms with van der Waals surface area (Å²) < 4.78 is 1.72. The van der Waals surface area contributed by atoms with Crippen molar-refractivity contribution in [2.45, 2.75) is 52.6 Å². The van der Waals surface area contributed by atoms with Gasteiger partial charge in [-0.1, -0.05) is 13.3 Å². The van der Waals surface area contributed by atoms with E-state index in [0.717, 1.165) is 12.8 Å². The zero-order valence-electron chi connectivity index (χ0n) is 11.3. The third-order valence-electron chi connectivity index (χ3n) is 3.49. The van der Waals surface area contributed by atoms with Gasteiger partial charge in [0.1, 0.15) is 5.69 Å². The van der Waals surface area contributed by atoms with Crippen LogP contribution in [-0.2, 0) is 0 Å². The Labute approximate surface area is 107 Å². The van der Waals surface area contributed by atoms with E-state index in [2.05, 4.69) is 17.3 Å². The van der Waals surface area contributed by atoms with Gasteiger partial charge < -0.3 is 5.32 Å². The number of nitrogens with zero attached hydrogens (tertiary/aromatic N) is 3. The van der Waals surface area contributed by atoms with Gasteiger partial charge in [0.05, 0.1) is 4.92 Å². The van der Waals surface area contributed by atoms with Gasteiger partial charge in [-0.2, -0.15) is 5.10 Å². The lowest BCUT2D eigenvalue weighted by Crippen LogP contribution is -2.13. The third kappa shape index (κ3) is 2.19. The maximum absolute atomic E-state index is 11.1. The second kappa shape index (κ2) is 4.59. The van der Waals surface area contributed by atoms with Crippen LogP contribution in [0.3, 0.4) is 0 Å². The topological polar surface area (TPSA) is 73.0 Å². The fourth-order valence-corrected chi connectivity index (χ4v) is 2.32. The molecule has 100 valence electrons. The van der Waals surface area contributed by atoms with Crippen LogP contribution in [0.25, 0.3) is 0 Å². The summed E-state index contributed by atoms with van der Waals surface area (Å²) in [5, 5.41) is 18.7. The molecule has 1 fully saturated rings. The van der Waals surface area contributed by atoms with Gasteiger partial charge in [0.25, 0.3) is 0 Å². The van der Waals surface area contributed by atoms with E-state index in [-0.39, 0.29) is 16.7 Å². The molecule has 2 unspecified atom stereocenters. The minimum Gasteiger partial charge on any atom is -0.361 e. The predicted octanol–water partition coefficient (Wildman–Crippen LogP) is 2.89. The molecule has 2 rings (SSSR count). The van der Waals surface area contributed by atoms with Gasteiger partial charge in [0.15, 0.2) is 0 Å². The van der Waals surface area contributed by atoms with Crippen LogP contribution in [0.5, 0.6) is 0 Å². The number of hydrogen-bond donors (Lipinski definition) is 1. The molecule has 6 heteroatoms. The number of hydrogen-bond acceptors (Lipinski definition) is 4. The Morgan fingerprint density at radius 2 is 2.28 bits per heavy atom. The Kier molecular flexibility index (Phi) is 3.28. The van der Waals surface area contributed by atoms with Crippen LogP contribution < -0.4 is 5.32 Å². The van der Waals surface area contributed by atoms with E-state index < -0.39 is 0 Å². The quantitative estimate of drug-likeness (QED) is 0.646. The number of aryl methyl sites for hydroxylation is 1. The molecule has 2 atom stereocenters. The van der Waals surface area contributed by atoms with E-state index >= 15 is 0 Å². The van der Waals surface area contributed by atoms with Crippen molar-refractivity contribution in [2.75, 3.05) is 5.32 Å². The molecule has 1 N–H and O–H groups in total. The smallest absolute Gasteiger partial charge is 0.333 e. The van der Waals surface area contributed by atoms with Crippen LogP contribution >= 0.6 is 0 Å². The van der Waals surface area contributed by atoms with Crippen molar-refractivity contribution in [2.24, 2.45) is 5.92 Å². The third-order valence-corrected chi connectivity index (χ3v) is 3.49. The Hall–Kier alpha value is -1.59. The van der Waals surface area contributed by atoms with E-state index in [0.29, 0.717) is 23.5 Å². The van der Waals surface area contributed by atoms with Gasteiger partial charge in [-0.05, 0) is 33.1 Å². The first kappa shape index (κ1) is 12.9. The molecule has 0 saturated heterocycles. The summed E-state index contributed by atoms with van der Waals surface area (Å²) in [5.41, 5.74) is 0.593. The minimum atomic E-state index is -0.340. The Balaban J connectivity index is 2.32. The lowest BCUT2D eigenvalue weighted by Gasteiger charge is -2.11. The summed E-state index contributed by atoms with van der Waals surface area (Å²) in [4.78, 5) is 10.8. The van der Waals surface area contributed by atoms with Crippen LogP contribution in [0.4, 0.5) is 11.5 Å². The molecule has 6 nitrogen and oxygen atoms in total. The highest BCUT2D eigenvalue weighted by atomic mass is 16.6. The zero-order valence-corrected chi connectivity index (χ0v) is 11.3. The molecule has 0 bridgehead atoms. The van der Waals surface area contributed by atoms with Crippen LogP contribution in [0.2, 0.25) is 0 Å². The molecular weight excluding hydrogens is 232 g/mol. The summed E-state index contributed by atoms with van der Waals surface area (Å²) in [7, 11) is 0. The monoisotopic (exact) mass is 252 g/mol. The summed E-state index contributed by atoms with van der Waals surface area (Å²) in [5.74, 6) is 1.20. The van der Waals surface area contributed by atoms with Gasteiger partial charge >= 0.3 is 5.69 Å². The molecule has 1 aromatic rings. The van der Waals surface area contributed by atoms with Gasteiger partial charge in [0.2, 0.25) is 5.82 Å². The predicted molar refractivity (Wildman–Crippen MR) is 69.8 cm³/mol. The highest BCUT2D eigenvalue weighted by molar-refractivity contribution is 5.60.